The maximum atomic E-state index is 6.07. The van der Waals surface area contributed by atoms with Crippen molar-refractivity contribution in [3.63, 3.8) is 0 Å². The van der Waals surface area contributed by atoms with Crippen molar-refractivity contribution >= 4 is 5.69 Å². The molecule has 2 heteroatoms. The second-order valence-corrected chi connectivity index (χ2v) is 6.35. The number of nitrogens with two attached hydrogens (primary N) is 1. The van der Waals surface area contributed by atoms with Crippen LogP contribution in [0.15, 0.2) is 36.4 Å². The van der Waals surface area contributed by atoms with Crippen LogP contribution >= 0.6 is 0 Å². The standard InChI is InChI=1S/C18H23NO/c1-12-10-16(18(3,4)5)17(11-13(12)2)20-15-8-6-14(19)7-9-15/h6-11H,19H2,1-5H3. The van der Waals surface area contributed by atoms with Gasteiger partial charge in [0, 0.05) is 11.3 Å². The van der Waals surface area contributed by atoms with Gasteiger partial charge in [-0.2, -0.15) is 0 Å². The van der Waals surface area contributed by atoms with E-state index < -0.39 is 0 Å². The normalized spacial score (nSPS) is 11.4. The molecule has 20 heavy (non-hydrogen) atoms. The molecule has 0 saturated heterocycles. The van der Waals surface area contributed by atoms with E-state index in [-0.39, 0.29) is 5.41 Å². The molecular formula is C18H23NO. The van der Waals surface area contributed by atoms with Crippen molar-refractivity contribution in [2.24, 2.45) is 0 Å². The Morgan fingerprint density at radius 1 is 0.900 bits per heavy atom. The Balaban J connectivity index is 2.44. The van der Waals surface area contributed by atoms with Crippen LogP contribution in [0.4, 0.5) is 5.69 Å². The summed E-state index contributed by atoms with van der Waals surface area (Å²) >= 11 is 0. The zero-order valence-corrected chi connectivity index (χ0v) is 12.9. The molecule has 0 bridgehead atoms. The molecule has 0 unspecified atom stereocenters. The molecule has 0 aliphatic carbocycles. The smallest absolute Gasteiger partial charge is 0.131 e. The van der Waals surface area contributed by atoms with Crippen LogP contribution in [0.1, 0.15) is 37.5 Å². The van der Waals surface area contributed by atoms with Crippen LogP contribution in [0.3, 0.4) is 0 Å². The van der Waals surface area contributed by atoms with Crippen LogP contribution in [0, 0.1) is 13.8 Å². The van der Waals surface area contributed by atoms with E-state index in [9.17, 15) is 0 Å². The van der Waals surface area contributed by atoms with Gasteiger partial charge in [0.25, 0.3) is 0 Å². The minimum atomic E-state index is 0.0433. The van der Waals surface area contributed by atoms with Crippen molar-refractivity contribution in [3.8, 4) is 11.5 Å². The van der Waals surface area contributed by atoms with Gasteiger partial charge < -0.3 is 10.5 Å². The predicted molar refractivity (Wildman–Crippen MR) is 85.5 cm³/mol. The SMILES string of the molecule is Cc1cc(Oc2ccc(N)cc2)c(C(C)(C)C)cc1C. The monoisotopic (exact) mass is 269 g/mol. The number of rotatable bonds is 2. The number of hydrogen-bond acceptors (Lipinski definition) is 2. The first-order valence-corrected chi connectivity index (χ1v) is 6.92. The summed E-state index contributed by atoms with van der Waals surface area (Å²) in [6, 6.07) is 11.8. The highest BCUT2D eigenvalue weighted by atomic mass is 16.5. The number of anilines is 1. The van der Waals surface area contributed by atoms with E-state index in [4.69, 9.17) is 10.5 Å². The van der Waals surface area contributed by atoms with Gasteiger partial charge in [0.05, 0.1) is 0 Å². The second-order valence-electron chi connectivity index (χ2n) is 6.35. The summed E-state index contributed by atoms with van der Waals surface area (Å²) in [5.74, 6) is 1.73. The van der Waals surface area contributed by atoms with Gasteiger partial charge in [0.15, 0.2) is 0 Å². The van der Waals surface area contributed by atoms with Crippen LogP contribution in [0.25, 0.3) is 0 Å². The molecule has 2 rings (SSSR count). The molecule has 0 aliphatic rings. The van der Waals surface area contributed by atoms with Gasteiger partial charge in [-0.3, -0.25) is 0 Å². The van der Waals surface area contributed by atoms with Gasteiger partial charge in [-0.1, -0.05) is 26.8 Å². The highest BCUT2D eigenvalue weighted by molar-refractivity contribution is 5.48. The third kappa shape index (κ3) is 3.13. The van der Waals surface area contributed by atoms with E-state index in [0.29, 0.717) is 0 Å². The summed E-state index contributed by atoms with van der Waals surface area (Å²) < 4.78 is 6.07. The average Bonchev–Trinajstić information content (AvgIpc) is 2.35. The van der Waals surface area contributed by atoms with Crippen LogP contribution in [0.5, 0.6) is 11.5 Å². The van der Waals surface area contributed by atoms with E-state index >= 15 is 0 Å². The molecule has 0 aromatic heterocycles. The van der Waals surface area contributed by atoms with E-state index in [0.717, 1.165) is 17.2 Å². The fraction of sp³-hybridized carbons (Fsp3) is 0.333. The first kappa shape index (κ1) is 14.4. The van der Waals surface area contributed by atoms with Crippen LogP contribution < -0.4 is 10.5 Å². The van der Waals surface area contributed by atoms with Crippen molar-refractivity contribution in [2.45, 2.75) is 40.0 Å². The molecule has 0 fully saturated rings. The molecule has 0 saturated carbocycles. The van der Waals surface area contributed by atoms with Crippen molar-refractivity contribution in [2.75, 3.05) is 5.73 Å². The lowest BCUT2D eigenvalue weighted by atomic mass is 9.84. The van der Waals surface area contributed by atoms with Gasteiger partial charge in [-0.15, -0.1) is 0 Å². The zero-order valence-electron chi connectivity index (χ0n) is 12.9. The summed E-state index contributed by atoms with van der Waals surface area (Å²) in [5, 5.41) is 0. The molecule has 0 radical (unpaired) electrons. The Kier molecular flexibility index (Phi) is 3.76. The molecule has 106 valence electrons. The number of benzene rings is 2. The highest BCUT2D eigenvalue weighted by Gasteiger charge is 2.20. The van der Waals surface area contributed by atoms with Gasteiger partial charge in [0.2, 0.25) is 0 Å². The molecular weight excluding hydrogens is 246 g/mol. The second kappa shape index (κ2) is 5.20. The Labute approximate surface area is 121 Å². The average molecular weight is 269 g/mol. The van der Waals surface area contributed by atoms with Crippen molar-refractivity contribution in [1.82, 2.24) is 0 Å². The third-order valence-electron chi connectivity index (χ3n) is 3.51. The van der Waals surface area contributed by atoms with Gasteiger partial charge in [0.1, 0.15) is 11.5 Å². The van der Waals surface area contributed by atoms with Crippen LogP contribution in [-0.4, -0.2) is 0 Å². The van der Waals surface area contributed by atoms with Crippen molar-refractivity contribution in [1.29, 1.82) is 0 Å². The molecule has 0 aliphatic heterocycles. The van der Waals surface area contributed by atoms with Gasteiger partial charge >= 0.3 is 0 Å². The lowest BCUT2D eigenvalue weighted by Gasteiger charge is -2.24. The first-order chi connectivity index (χ1) is 9.27. The summed E-state index contributed by atoms with van der Waals surface area (Å²) in [7, 11) is 0. The maximum absolute atomic E-state index is 6.07. The highest BCUT2D eigenvalue weighted by Crippen LogP contribution is 2.36. The Morgan fingerprint density at radius 3 is 2.00 bits per heavy atom. The minimum Gasteiger partial charge on any atom is -0.457 e. The molecule has 0 amide bonds. The Hall–Kier alpha value is -1.96. The fourth-order valence-corrected chi connectivity index (χ4v) is 2.12. The molecule has 2 nitrogen and oxygen atoms in total. The number of nitrogen functional groups attached to an aromatic ring is 1. The van der Waals surface area contributed by atoms with E-state index in [1.807, 2.05) is 24.3 Å². The quantitative estimate of drug-likeness (QED) is 0.781. The molecule has 0 spiro atoms. The van der Waals surface area contributed by atoms with Gasteiger partial charge in [-0.25, -0.2) is 0 Å². The molecule has 0 heterocycles. The third-order valence-corrected chi connectivity index (χ3v) is 3.51. The van der Waals surface area contributed by atoms with Crippen LogP contribution in [0.2, 0.25) is 0 Å². The first-order valence-electron chi connectivity index (χ1n) is 6.92. The topological polar surface area (TPSA) is 35.2 Å². The molecule has 2 aromatic rings. The Bertz CT molecular complexity index is 607. The number of aryl methyl sites for hydroxylation is 2. The summed E-state index contributed by atoms with van der Waals surface area (Å²) in [5.41, 5.74) is 10.2. The number of hydrogen-bond donors (Lipinski definition) is 1. The van der Waals surface area contributed by atoms with E-state index in [1.54, 1.807) is 0 Å². The number of ether oxygens (including phenoxy) is 1. The summed E-state index contributed by atoms with van der Waals surface area (Å²) in [6.45, 7) is 10.8. The summed E-state index contributed by atoms with van der Waals surface area (Å²) in [4.78, 5) is 0. The maximum Gasteiger partial charge on any atom is 0.131 e. The van der Waals surface area contributed by atoms with E-state index in [1.165, 1.54) is 16.7 Å². The van der Waals surface area contributed by atoms with E-state index in [2.05, 4.69) is 46.8 Å². The van der Waals surface area contributed by atoms with Gasteiger partial charge in [-0.05, 0) is 60.7 Å². The molecule has 2 N–H and O–H groups in total. The fourth-order valence-electron chi connectivity index (χ4n) is 2.12. The lowest BCUT2D eigenvalue weighted by molar-refractivity contribution is 0.454. The van der Waals surface area contributed by atoms with Crippen molar-refractivity contribution in [3.05, 3.63) is 53.1 Å². The lowest BCUT2D eigenvalue weighted by Crippen LogP contribution is -2.13. The summed E-state index contributed by atoms with van der Waals surface area (Å²) in [6.07, 6.45) is 0. The minimum absolute atomic E-state index is 0.0433. The molecule has 0 atom stereocenters. The predicted octanol–water partition coefficient (Wildman–Crippen LogP) is 4.98. The molecule has 2 aromatic carbocycles. The van der Waals surface area contributed by atoms with Crippen molar-refractivity contribution < 1.29 is 4.74 Å². The Morgan fingerprint density at radius 2 is 1.45 bits per heavy atom. The van der Waals surface area contributed by atoms with Crippen LogP contribution in [-0.2, 0) is 5.41 Å². The largest absolute Gasteiger partial charge is 0.457 e. The zero-order chi connectivity index (χ0) is 14.9.